The molecule has 1 heterocycles. The lowest BCUT2D eigenvalue weighted by molar-refractivity contribution is -0.121. The molecule has 0 saturated heterocycles. The minimum Gasteiger partial charge on any atom is -0.352 e. The van der Waals surface area contributed by atoms with Crippen LogP contribution < -0.4 is 10.9 Å². The van der Waals surface area contributed by atoms with Crippen molar-refractivity contribution in [3.8, 4) is 0 Å². The molecule has 0 aliphatic carbocycles. The molecule has 29 heavy (non-hydrogen) atoms. The summed E-state index contributed by atoms with van der Waals surface area (Å²) in [5.74, 6) is 0.663. The fourth-order valence-corrected chi connectivity index (χ4v) is 3.77. The number of aryl methyl sites for hydroxylation is 2. The summed E-state index contributed by atoms with van der Waals surface area (Å²) in [4.78, 5) is 32.0. The molecule has 6 heteroatoms. The van der Waals surface area contributed by atoms with Gasteiger partial charge in [0, 0.05) is 30.0 Å². The van der Waals surface area contributed by atoms with Crippen LogP contribution in [0.1, 0.15) is 34.4 Å². The first-order chi connectivity index (χ1) is 14.0. The zero-order chi connectivity index (χ0) is 20.6. The van der Waals surface area contributed by atoms with E-state index in [4.69, 9.17) is 0 Å². The second kappa shape index (κ2) is 10.1. The van der Waals surface area contributed by atoms with Crippen LogP contribution in [0.3, 0.4) is 0 Å². The number of carbonyl (C=O) groups excluding carboxylic acids is 1. The standard InChI is InChI=1S/C23H25N3O2S/c1-16-8-10-18(11-9-16)14-24-21(27)13-12-20-17(2)25-23(26-22(20)28)29-15-19-6-4-3-5-7-19/h3-11H,12-15H2,1-2H3,(H,24,27)(H,25,26,28). The van der Waals surface area contributed by atoms with E-state index in [1.54, 1.807) is 0 Å². The third kappa shape index (κ3) is 6.32. The molecule has 0 aliphatic rings. The number of thioether (sulfide) groups is 1. The lowest BCUT2D eigenvalue weighted by Crippen LogP contribution is -2.25. The Balaban J connectivity index is 1.53. The third-order valence-electron chi connectivity index (χ3n) is 4.63. The van der Waals surface area contributed by atoms with E-state index in [0.29, 0.717) is 29.4 Å². The maximum atomic E-state index is 12.5. The van der Waals surface area contributed by atoms with E-state index < -0.39 is 0 Å². The highest BCUT2D eigenvalue weighted by atomic mass is 32.2. The highest BCUT2D eigenvalue weighted by molar-refractivity contribution is 7.98. The van der Waals surface area contributed by atoms with Crippen molar-refractivity contribution in [3.05, 3.63) is 92.9 Å². The van der Waals surface area contributed by atoms with Crippen LogP contribution in [0, 0.1) is 13.8 Å². The fourth-order valence-electron chi connectivity index (χ4n) is 2.91. The van der Waals surface area contributed by atoms with Crippen molar-refractivity contribution in [2.75, 3.05) is 0 Å². The van der Waals surface area contributed by atoms with Gasteiger partial charge in [0.05, 0.1) is 0 Å². The number of aromatic nitrogens is 2. The minimum absolute atomic E-state index is 0.0769. The molecule has 1 aromatic heterocycles. The highest BCUT2D eigenvalue weighted by Crippen LogP contribution is 2.19. The van der Waals surface area contributed by atoms with E-state index in [1.165, 1.54) is 22.9 Å². The van der Waals surface area contributed by atoms with Crippen molar-refractivity contribution >= 4 is 17.7 Å². The SMILES string of the molecule is Cc1ccc(CNC(=O)CCc2c(C)nc(SCc3ccccc3)[nH]c2=O)cc1. The van der Waals surface area contributed by atoms with Gasteiger partial charge in [0.1, 0.15) is 0 Å². The van der Waals surface area contributed by atoms with Gasteiger partial charge in [-0.25, -0.2) is 4.98 Å². The molecule has 0 aliphatic heterocycles. The summed E-state index contributed by atoms with van der Waals surface area (Å²) >= 11 is 1.50. The van der Waals surface area contributed by atoms with Gasteiger partial charge in [-0.1, -0.05) is 71.9 Å². The van der Waals surface area contributed by atoms with Crippen LogP contribution in [0.25, 0.3) is 0 Å². The molecule has 0 saturated carbocycles. The molecular formula is C23H25N3O2S. The summed E-state index contributed by atoms with van der Waals surface area (Å²) in [6.07, 6.45) is 0.630. The van der Waals surface area contributed by atoms with Gasteiger partial charge in [-0.3, -0.25) is 9.59 Å². The molecule has 0 fully saturated rings. The van der Waals surface area contributed by atoms with Crippen LogP contribution in [0.2, 0.25) is 0 Å². The summed E-state index contributed by atoms with van der Waals surface area (Å²) in [5.41, 5.74) is 4.49. The van der Waals surface area contributed by atoms with E-state index in [-0.39, 0.29) is 17.9 Å². The molecule has 3 aromatic rings. The highest BCUT2D eigenvalue weighted by Gasteiger charge is 2.11. The van der Waals surface area contributed by atoms with Crippen molar-refractivity contribution in [2.24, 2.45) is 0 Å². The van der Waals surface area contributed by atoms with Gasteiger partial charge in [-0.15, -0.1) is 0 Å². The molecule has 2 N–H and O–H groups in total. The van der Waals surface area contributed by atoms with Crippen LogP contribution in [0.5, 0.6) is 0 Å². The van der Waals surface area contributed by atoms with Crippen molar-refractivity contribution in [1.29, 1.82) is 0 Å². The average Bonchev–Trinajstić information content (AvgIpc) is 2.72. The Kier molecular flexibility index (Phi) is 7.25. The van der Waals surface area contributed by atoms with Crippen molar-refractivity contribution in [2.45, 2.75) is 44.1 Å². The number of hydrogen-bond donors (Lipinski definition) is 2. The smallest absolute Gasteiger partial charge is 0.254 e. The predicted octanol–water partition coefficient (Wildman–Crippen LogP) is 3.93. The van der Waals surface area contributed by atoms with Crippen molar-refractivity contribution in [3.63, 3.8) is 0 Å². The van der Waals surface area contributed by atoms with Gasteiger partial charge in [-0.05, 0) is 31.4 Å². The molecule has 5 nitrogen and oxygen atoms in total. The summed E-state index contributed by atoms with van der Waals surface area (Å²) in [5, 5.41) is 3.50. The number of amides is 1. The number of aromatic amines is 1. The molecule has 2 aromatic carbocycles. The Morgan fingerprint density at radius 2 is 1.76 bits per heavy atom. The molecule has 3 rings (SSSR count). The normalized spacial score (nSPS) is 10.7. The Hall–Kier alpha value is -2.86. The first kappa shape index (κ1) is 20.9. The van der Waals surface area contributed by atoms with Crippen LogP contribution in [0.4, 0.5) is 0 Å². The van der Waals surface area contributed by atoms with Gasteiger partial charge in [0.15, 0.2) is 5.16 Å². The molecule has 0 unspecified atom stereocenters. The van der Waals surface area contributed by atoms with Crippen molar-refractivity contribution in [1.82, 2.24) is 15.3 Å². The number of nitrogens with zero attached hydrogens (tertiary/aromatic N) is 1. The molecule has 0 spiro atoms. The quantitative estimate of drug-likeness (QED) is 0.438. The first-order valence-corrected chi connectivity index (χ1v) is 10.6. The zero-order valence-electron chi connectivity index (χ0n) is 16.7. The van der Waals surface area contributed by atoms with E-state index >= 15 is 0 Å². The monoisotopic (exact) mass is 407 g/mol. The largest absolute Gasteiger partial charge is 0.352 e. The van der Waals surface area contributed by atoms with Gasteiger partial charge in [0.2, 0.25) is 5.91 Å². The summed E-state index contributed by atoms with van der Waals surface area (Å²) < 4.78 is 0. The number of H-pyrrole nitrogens is 1. The summed E-state index contributed by atoms with van der Waals surface area (Å²) in [6.45, 7) is 4.34. The van der Waals surface area contributed by atoms with Gasteiger partial charge in [0.25, 0.3) is 5.56 Å². The molecule has 0 bridgehead atoms. The Bertz CT molecular complexity index is 1010. The van der Waals surface area contributed by atoms with Gasteiger partial charge >= 0.3 is 0 Å². The lowest BCUT2D eigenvalue weighted by atomic mass is 10.1. The topological polar surface area (TPSA) is 74.8 Å². The molecule has 0 radical (unpaired) electrons. The predicted molar refractivity (Wildman–Crippen MR) is 117 cm³/mol. The van der Waals surface area contributed by atoms with Crippen LogP contribution in [-0.4, -0.2) is 15.9 Å². The Morgan fingerprint density at radius 3 is 2.45 bits per heavy atom. The summed E-state index contributed by atoms with van der Waals surface area (Å²) in [6, 6.07) is 18.1. The number of hydrogen-bond acceptors (Lipinski definition) is 4. The number of benzene rings is 2. The molecular weight excluding hydrogens is 382 g/mol. The maximum Gasteiger partial charge on any atom is 0.254 e. The van der Waals surface area contributed by atoms with E-state index in [1.807, 2.05) is 68.4 Å². The first-order valence-electron chi connectivity index (χ1n) is 9.60. The van der Waals surface area contributed by atoms with Crippen molar-refractivity contribution < 1.29 is 4.79 Å². The average molecular weight is 408 g/mol. The van der Waals surface area contributed by atoms with Crippen LogP contribution in [0.15, 0.2) is 64.5 Å². The second-order valence-corrected chi connectivity index (χ2v) is 7.94. The second-order valence-electron chi connectivity index (χ2n) is 6.97. The maximum absolute atomic E-state index is 12.5. The number of carbonyl (C=O) groups is 1. The van der Waals surface area contributed by atoms with E-state index in [0.717, 1.165) is 11.3 Å². The Morgan fingerprint density at radius 1 is 1.03 bits per heavy atom. The van der Waals surface area contributed by atoms with E-state index in [2.05, 4.69) is 15.3 Å². The van der Waals surface area contributed by atoms with E-state index in [9.17, 15) is 9.59 Å². The van der Waals surface area contributed by atoms with Gasteiger partial charge in [-0.2, -0.15) is 0 Å². The minimum atomic E-state index is -0.167. The zero-order valence-corrected chi connectivity index (χ0v) is 17.5. The van der Waals surface area contributed by atoms with Crippen LogP contribution >= 0.6 is 11.8 Å². The fraction of sp³-hybridized carbons (Fsp3) is 0.261. The molecule has 0 atom stereocenters. The third-order valence-corrected chi connectivity index (χ3v) is 5.58. The summed E-state index contributed by atoms with van der Waals surface area (Å²) in [7, 11) is 0. The number of rotatable bonds is 8. The van der Waals surface area contributed by atoms with Gasteiger partial charge < -0.3 is 10.3 Å². The lowest BCUT2D eigenvalue weighted by Gasteiger charge is -2.08. The molecule has 150 valence electrons. The number of nitrogens with one attached hydrogen (secondary N) is 2. The van der Waals surface area contributed by atoms with Crippen LogP contribution in [-0.2, 0) is 23.5 Å². The molecule has 1 amide bonds. The Labute approximate surface area is 175 Å².